The van der Waals surface area contributed by atoms with Crippen molar-refractivity contribution in [3.63, 3.8) is 0 Å². The van der Waals surface area contributed by atoms with Crippen LogP contribution < -0.4 is 0 Å². The second-order valence-corrected chi connectivity index (χ2v) is 21.3. The predicted molar refractivity (Wildman–Crippen MR) is 224 cm³/mol. The van der Waals surface area contributed by atoms with Crippen molar-refractivity contribution in [2.45, 2.75) is 202 Å². The van der Waals surface area contributed by atoms with E-state index in [1.165, 1.54) is 6.92 Å². The lowest BCUT2D eigenvalue weighted by molar-refractivity contribution is -0.365. The highest BCUT2D eigenvalue weighted by molar-refractivity contribution is 5.29. The molecule has 4 heterocycles. The van der Waals surface area contributed by atoms with Gasteiger partial charge in [0.1, 0.15) is 67.1 Å². The van der Waals surface area contributed by atoms with Gasteiger partial charge in [-0.3, -0.25) is 0 Å². The summed E-state index contributed by atoms with van der Waals surface area (Å²) in [7, 11) is 1.69. The molecule has 8 aliphatic rings. The number of hydrogen-bond acceptors (Lipinski definition) is 19. The first-order valence-corrected chi connectivity index (χ1v) is 23.9. The van der Waals surface area contributed by atoms with Gasteiger partial charge in [0.05, 0.1) is 44.2 Å². The summed E-state index contributed by atoms with van der Waals surface area (Å²) in [5.74, 6) is 0.107. The third-order valence-corrected chi connectivity index (χ3v) is 17.8. The first kappa shape index (κ1) is 50.4. The van der Waals surface area contributed by atoms with Crippen LogP contribution in [0.3, 0.4) is 0 Å². The molecule has 0 aromatic carbocycles. The Hall–Kier alpha value is -1.02. The molecule has 4 saturated heterocycles. The molecule has 0 aromatic heterocycles. The van der Waals surface area contributed by atoms with Gasteiger partial charge in [0.25, 0.3) is 0 Å². The van der Waals surface area contributed by atoms with E-state index in [2.05, 4.69) is 26.8 Å². The average Bonchev–Trinajstić information content (AvgIpc) is 3.74. The van der Waals surface area contributed by atoms with Crippen molar-refractivity contribution in [2.75, 3.05) is 26.9 Å². The van der Waals surface area contributed by atoms with Gasteiger partial charge in [-0.2, -0.15) is 0 Å². The monoisotopic (exact) mass is 932 g/mol. The first-order chi connectivity index (χ1) is 30.7. The summed E-state index contributed by atoms with van der Waals surface area (Å²) in [5, 5.41) is 116. The van der Waals surface area contributed by atoms with Crippen LogP contribution in [-0.2, 0) is 37.9 Å². The number of aliphatic hydroxyl groups is 11. The fourth-order valence-electron chi connectivity index (χ4n) is 13.9. The maximum atomic E-state index is 11.1. The Morgan fingerprint density at radius 2 is 1.38 bits per heavy atom. The Labute approximate surface area is 380 Å². The summed E-state index contributed by atoms with van der Waals surface area (Å²) in [6, 6.07) is 0. The molecule has 0 radical (unpaired) electrons. The van der Waals surface area contributed by atoms with Gasteiger partial charge in [-0.15, -0.1) is 0 Å². The Morgan fingerprint density at radius 3 is 2.05 bits per heavy atom. The van der Waals surface area contributed by atoms with Gasteiger partial charge in [0, 0.05) is 31.3 Å². The zero-order chi connectivity index (χ0) is 47.1. The van der Waals surface area contributed by atoms with Crippen LogP contribution in [0.25, 0.3) is 0 Å². The number of methoxy groups -OCH3 is 1. The van der Waals surface area contributed by atoms with Crippen molar-refractivity contribution in [2.24, 2.45) is 46.3 Å². The van der Waals surface area contributed by atoms with Gasteiger partial charge in [-0.05, 0) is 80.5 Å². The second kappa shape index (κ2) is 19.3. The van der Waals surface area contributed by atoms with E-state index < -0.39 is 129 Å². The molecule has 0 bridgehead atoms. The Kier molecular flexibility index (Phi) is 15.0. The molecule has 8 rings (SSSR count). The minimum absolute atomic E-state index is 0.0362. The van der Waals surface area contributed by atoms with Crippen molar-refractivity contribution in [3.8, 4) is 0 Å². The summed E-state index contributed by atoms with van der Waals surface area (Å²) in [6.07, 6.45) is -14.5. The number of allylic oxidation sites excluding steroid dienone is 1. The van der Waals surface area contributed by atoms with Gasteiger partial charge in [-0.1, -0.05) is 39.3 Å². The maximum absolute atomic E-state index is 11.1. The zero-order valence-electron chi connectivity index (χ0n) is 38.4. The number of rotatable bonds is 13. The van der Waals surface area contributed by atoms with Crippen LogP contribution in [0, 0.1) is 46.3 Å². The molecule has 4 aliphatic carbocycles. The molecule has 0 spiro atoms. The smallest absolute Gasteiger partial charge is 0.187 e. The number of hydrogen-bond donors (Lipinski definition) is 11. The molecule has 27 atom stereocenters. The highest BCUT2D eigenvalue weighted by atomic mass is 16.8. The summed E-state index contributed by atoms with van der Waals surface area (Å²) in [6.45, 7) is 9.26. The van der Waals surface area contributed by atoms with Crippen molar-refractivity contribution >= 4 is 0 Å². The molecule has 4 aliphatic heterocycles. The summed E-state index contributed by atoms with van der Waals surface area (Å²) in [5.41, 5.74) is 0.567. The molecular formula is C46H76O19. The van der Waals surface area contributed by atoms with Gasteiger partial charge >= 0.3 is 0 Å². The molecule has 11 N–H and O–H groups in total. The SMILES string of the molecule is CO[C@@]1(CC[C@@H](C)CO[C@@H]2O[C@H](CO)[C@@H](O)[C@H](O)[C@H]2O[C@@H]2O[C@@H](C)[C@H](O)[C@@H](O)[C@H]2O)O[C@H]2C[C@H]3[C@@H]4CC=C5C[C@@H](O)C[C@@H](O[C@@H]6O[C@H](CO)[C@H](O)[C@H](O)[C@H]6O)[C@]5(C)[C@H]4CC[C@]3(C)[C@H]2[C@@H]1C. The van der Waals surface area contributed by atoms with E-state index in [0.29, 0.717) is 37.5 Å². The van der Waals surface area contributed by atoms with Gasteiger partial charge < -0.3 is 94.1 Å². The van der Waals surface area contributed by atoms with E-state index in [-0.39, 0.29) is 41.8 Å². The molecule has 0 amide bonds. The lowest BCUT2D eigenvalue weighted by atomic mass is 9.46. The topological polar surface area (TPSA) is 296 Å². The summed E-state index contributed by atoms with van der Waals surface area (Å²) >= 11 is 0. The number of ether oxygens (including phenoxy) is 8. The van der Waals surface area contributed by atoms with E-state index in [1.54, 1.807) is 7.11 Å². The molecule has 3 saturated carbocycles. The predicted octanol–water partition coefficient (Wildman–Crippen LogP) is -1.21. The Bertz CT molecular complexity index is 1660. The molecule has 65 heavy (non-hydrogen) atoms. The molecular weight excluding hydrogens is 856 g/mol. The lowest BCUT2D eigenvalue weighted by Gasteiger charge is -2.60. The van der Waals surface area contributed by atoms with Crippen LogP contribution in [0.15, 0.2) is 11.6 Å². The van der Waals surface area contributed by atoms with E-state index in [0.717, 1.165) is 31.3 Å². The van der Waals surface area contributed by atoms with Crippen LogP contribution in [-0.4, -0.2) is 199 Å². The molecule has 374 valence electrons. The molecule has 7 fully saturated rings. The lowest BCUT2D eigenvalue weighted by Crippen LogP contribution is -2.64. The van der Waals surface area contributed by atoms with Crippen LogP contribution in [0.1, 0.15) is 86.0 Å². The minimum Gasteiger partial charge on any atom is -0.394 e. The largest absolute Gasteiger partial charge is 0.394 e. The minimum atomic E-state index is -1.67. The van der Waals surface area contributed by atoms with E-state index in [4.69, 9.17) is 37.9 Å². The number of fused-ring (bicyclic) bond motifs is 7. The quantitative estimate of drug-likeness (QED) is 0.0967. The van der Waals surface area contributed by atoms with Gasteiger partial charge in [0.2, 0.25) is 0 Å². The summed E-state index contributed by atoms with van der Waals surface area (Å²) in [4.78, 5) is 0. The van der Waals surface area contributed by atoms with E-state index in [1.807, 2.05) is 6.92 Å². The van der Waals surface area contributed by atoms with Crippen molar-refractivity contribution in [1.29, 1.82) is 0 Å². The number of aliphatic hydroxyl groups excluding tert-OH is 11. The van der Waals surface area contributed by atoms with Crippen LogP contribution in [0.2, 0.25) is 0 Å². The van der Waals surface area contributed by atoms with Crippen LogP contribution >= 0.6 is 0 Å². The highest BCUT2D eigenvalue weighted by Crippen LogP contribution is 2.70. The van der Waals surface area contributed by atoms with Gasteiger partial charge in [-0.25, -0.2) is 0 Å². The fourth-order valence-corrected chi connectivity index (χ4v) is 13.9. The second-order valence-electron chi connectivity index (χ2n) is 21.3. The van der Waals surface area contributed by atoms with E-state index in [9.17, 15) is 56.2 Å². The maximum Gasteiger partial charge on any atom is 0.187 e. The van der Waals surface area contributed by atoms with Gasteiger partial charge in [0.15, 0.2) is 24.7 Å². The molecule has 0 aromatic rings. The molecule has 0 unspecified atom stereocenters. The van der Waals surface area contributed by atoms with Crippen LogP contribution in [0.4, 0.5) is 0 Å². The third kappa shape index (κ3) is 8.60. The fraction of sp³-hybridized carbons (Fsp3) is 0.957. The highest BCUT2D eigenvalue weighted by Gasteiger charge is 2.69. The zero-order valence-corrected chi connectivity index (χ0v) is 38.4. The average molecular weight is 933 g/mol. The molecule has 19 heteroatoms. The Balaban J connectivity index is 0.919. The molecule has 19 nitrogen and oxygen atoms in total. The first-order valence-electron chi connectivity index (χ1n) is 23.9. The summed E-state index contributed by atoms with van der Waals surface area (Å²) < 4.78 is 49.2. The normalized spacial score (nSPS) is 54.8. The Morgan fingerprint density at radius 1 is 0.754 bits per heavy atom. The van der Waals surface area contributed by atoms with Crippen molar-refractivity contribution in [1.82, 2.24) is 0 Å². The standard InChI is InChI=1S/C46H76O19/c1-19(18-59-43-40(37(55)34(52)29(17-48)62-43)64-41-38(56)35(53)32(50)21(3)60-41)9-12-46(58-6)20(2)31-27(65-46)15-26-24-8-7-22-13-23(49)14-30(45(22,5)25(24)10-11-44(26,31)4)63-42-39(57)36(54)33(51)28(16-47)61-42/h7,19-21,23-43,47-57H,8-18H2,1-6H3/t19-,20+,21+,23-,24-,25+,26+,27+,28-,29-,30-,31+,32+,33+,34-,35-,36+,37+,38-,39-,40-,41+,42+,43-,44+,45+,46+/m1/s1. The van der Waals surface area contributed by atoms with Crippen LogP contribution in [0.5, 0.6) is 0 Å². The van der Waals surface area contributed by atoms with Crippen molar-refractivity contribution in [3.05, 3.63) is 11.6 Å². The van der Waals surface area contributed by atoms with Crippen molar-refractivity contribution < 1.29 is 94.1 Å². The third-order valence-electron chi connectivity index (χ3n) is 17.8. The van der Waals surface area contributed by atoms with E-state index >= 15 is 0 Å².